The first kappa shape index (κ1) is 22.8. The molecule has 176 valence electrons. The predicted molar refractivity (Wildman–Crippen MR) is 142 cm³/mol. The number of hydrogen-bond donors (Lipinski definition) is 2. The Kier molecular flexibility index (Phi) is 6.30. The number of hydrogen-bond acceptors (Lipinski definition) is 5. The van der Waals surface area contributed by atoms with E-state index in [1.54, 1.807) is 20.4 Å². The Labute approximate surface area is 204 Å². The van der Waals surface area contributed by atoms with E-state index in [9.17, 15) is 0 Å². The lowest BCUT2D eigenvalue weighted by Gasteiger charge is -2.32. The second-order valence-electron chi connectivity index (χ2n) is 8.16. The van der Waals surface area contributed by atoms with E-state index < -0.39 is 12.9 Å². The first-order valence-corrected chi connectivity index (χ1v) is 13.0. The van der Waals surface area contributed by atoms with E-state index >= 15 is 4.57 Å². The summed E-state index contributed by atoms with van der Waals surface area (Å²) in [4.78, 5) is 0. The van der Waals surface area contributed by atoms with E-state index in [0.717, 1.165) is 32.8 Å². The molecule has 0 unspecified atom stereocenters. The van der Waals surface area contributed by atoms with Crippen molar-refractivity contribution in [3.63, 3.8) is 0 Å². The minimum atomic E-state index is -3.31. The Morgan fingerprint density at radius 3 is 2.14 bits per heavy atom. The highest BCUT2D eigenvalue weighted by atomic mass is 31.2. The molecule has 0 radical (unpaired) electrons. The summed E-state index contributed by atoms with van der Waals surface area (Å²) in [6.07, 6.45) is 1.78. The molecule has 6 nitrogen and oxygen atoms in total. The zero-order valence-electron chi connectivity index (χ0n) is 19.5. The van der Waals surface area contributed by atoms with Gasteiger partial charge in [0.2, 0.25) is 0 Å². The monoisotopic (exact) mass is 483 g/mol. The Morgan fingerprint density at radius 1 is 0.829 bits per heavy atom. The van der Waals surface area contributed by atoms with Gasteiger partial charge in [0.1, 0.15) is 17.3 Å². The van der Waals surface area contributed by atoms with Crippen LogP contribution in [0, 0.1) is 0 Å². The fraction of sp³-hybridized carbons (Fsp3) is 0.107. The Bertz CT molecular complexity index is 1440. The molecule has 1 atom stereocenters. The van der Waals surface area contributed by atoms with Crippen molar-refractivity contribution in [3.8, 4) is 11.5 Å². The largest absolute Gasteiger partial charge is 0.497 e. The quantitative estimate of drug-likeness (QED) is 0.277. The highest BCUT2D eigenvalue weighted by molar-refractivity contribution is 7.79. The normalized spacial score (nSPS) is 12.3. The van der Waals surface area contributed by atoms with Crippen LogP contribution in [0.25, 0.3) is 10.9 Å². The number of nitrogens with zero attached hydrogens (tertiary/aromatic N) is 1. The van der Waals surface area contributed by atoms with E-state index in [4.69, 9.17) is 9.47 Å². The minimum absolute atomic E-state index is 0.623. The topological polar surface area (TPSA) is 76.2 Å². The van der Waals surface area contributed by atoms with Crippen molar-refractivity contribution in [3.05, 3.63) is 109 Å². The summed E-state index contributed by atoms with van der Waals surface area (Å²) in [5, 5.41) is 13.2. The van der Waals surface area contributed by atoms with Crippen LogP contribution >= 0.6 is 7.14 Å². The summed E-state index contributed by atoms with van der Waals surface area (Å²) in [6.45, 7) is 0. The number of rotatable bonds is 8. The van der Waals surface area contributed by atoms with Crippen molar-refractivity contribution in [2.75, 3.05) is 19.5 Å². The molecule has 1 aromatic heterocycles. The average Bonchev–Trinajstić information content (AvgIpc) is 3.40. The first-order chi connectivity index (χ1) is 17.1. The smallest absolute Gasteiger partial charge is 0.168 e. The Hall–Kier alpha value is -4.02. The third-order valence-corrected chi connectivity index (χ3v) is 9.39. The van der Waals surface area contributed by atoms with E-state index in [0.29, 0.717) is 11.5 Å². The molecule has 2 N–H and O–H groups in total. The molecule has 1 heterocycles. The summed E-state index contributed by atoms with van der Waals surface area (Å²) < 4.78 is 26.7. The molecule has 5 rings (SSSR count). The number of aromatic amines is 1. The van der Waals surface area contributed by atoms with Crippen LogP contribution in [0.4, 0.5) is 5.69 Å². The van der Waals surface area contributed by atoms with Crippen LogP contribution in [0.5, 0.6) is 11.5 Å². The van der Waals surface area contributed by atoms with Gasteiger partial charge in [0.15, 0.2) is 7.14 Å². The van der Waals surface area contributed by atoms with Crippen LogP contribution in [0.2, 0.25) is 0 Å². The minimum Gasteiger partial charge on any atom is -0.497 e. The van der Waals surface area contributed by atoms with Gasteiger partial charge >= 0.3 is 0 Å². The van der Waals surface area contributed by atoms with Crippen molar-refractivity contribution < 1.29 is 14.0 Å². The second-order valence-corrected chi connectivity index (χ2v) is 11.0. The molecule has 0 aliphatic heterocycles. The number of fused-ring (bicyclic) bond motifs is 1. The van der Waals surface area contributed by atoms with Crippen molar-refractivity contribution in [1.82, 2.24) is 10.2 Å². The van der Waals surface area contributed by atoms with Gasteiger partial charge in [-0.15, -0.1) is 0 Å². The van der Waals surface area contributed by atoms with Gasteiger partial charge in [-0.2, -0.15) is 5.10 Å². The molecule has 7 heteroatoms. The highest BCUT2D eigenvalue weighted by Gasteiger charge is 2.39. The van der Waals surface area contributed by atoms with Crippen LogP contribution < -0.4 is 25.4 Å². The first-order valence-electron chi connectivity index (χ1n) is 11.3. The standard InChI is InChI=1S/C28H26N3O3P/c1-33-22-15-16-27(34-2)25(18-22)28(30-21-14-13-20-19-29-31-26(20)17-21)35(32,23-9-5-3-6-10-23)24-11-7-4-8-12-24/h3-19,28,30H,1-2H3,(H,29,31)/t28-/m1/s1. The van der Waals surface area contributed by atoms with Crippen molar-refractivity contribution in [2.45, 2.75) is 5.78 Å². The molecule has 0 aliphatic carbocycles. The second kappa shape index (κ2) is 9.69. The van der Waals surface area contributed by atoms with Crippen LogP contribution in [-0.2, 0) is 4.57 Å². The van der Waals surface area contributed by atoms with Crippen molar-refractivity contribution >= 4 is 34.3 Å². The fourth-order valence-electron chi connectivity index (χ4n) is 4.35. The van der Waals surface area contributed by atoms with E-state index in [1.165, 1.54) is 0 Å². The molecule has 5 aromatic rings. The van der Waals surface area contributed by atoms with Gasteiger partial charge in [-0.3, -0.25) is 5.10 Å². The van der Waals surface area contributed by atoms with Crippen molar-refractivity contribution in [1.29, 1.82) is 0 Å². The maximum absolute atomic E-state index is 15.4. The van der Waals surface area contributed by atoms with Gasteiger partial charge in [-0.05, 0) is 36.4 Å². The third-order valence-electron chi connectivity index (χ3n) is 6.12. The number of aromatic nitrogens is 2. The van der Waals surface area contributed by atoms with Gasteiger partial charge in [0, 0.05) is 27.2 Å². The summed E-state index contributed by atoms with van der Waals surface area (Å²) in [5.41, 5.74) is 2.44. The number of anilines is 1. The fourth-order valence-corrected chi connectivity index (χ4v) is 7.40. The number of ether oxygens (including phenoxy) is 2. The molecule has 35 heavy (non-hydrogen) atoms. The van der Waals surface area contributed by atoms with Crippen molar-refractivity contribution in [2.24, 2.45) is 0 Å². The molecule has 0 bridgehead atoms. The summed E-state index contributed by atoms with van der Waals surface area (Å²) in [5.74, 6) is 0.639. The lowest BCUT2D eigenvalue weighted by molar-refractivity contribution is 0.398. The summed E-state index contributed by atoms with van der Waals surface area (Å²) in [7, 11) is -0.0709. The zero-order chi connectivity index (χ0) is 24.3. The van der Waals surface area contributed by atoms with E-state index in [1.807, 2.05) is 97.1 Å². The van der Waals surface area contributed by atoms with E-state index in [2.05, 4.69) is 15.5 Å². The molecule has 0 amide bonds. The van der Waals surface area contributed by atoms with Gasteiger partial charge in [-0.25, -0.2) is 0 Å². The Morgan fingerprint density at radius 2 is 1.51 bits per heavy atom. The molecule has 0 fully saturated rings. The van der Waals surface area contributed by atoms with Gasteiger partial charge < -0.3 is 19.4 Å². The molecule has 0 aliphatic rings. The van der Waals surface area contributed by atoms with Gasteiger partial charge in [0.05, 0.1) is 25.9 Å². The Balaban J connectivity index is 1.77. The maximum atomic E-state index is 15.4. The lowest BCUT2D eigenvalue weighted by Crippen LogP contribution is -2.26. The third kappa shape index (κ3) is 4.29. The summed E-state index contributed by atoms with van der Waals surface area (Å²) >= 11 is 0. The van der Waals surface area contributed by atoms with Gasteiger partial charge in [0.25, 0.3) is 0 Å². The molecule has 0 saturated carbocycles. The summed E-state index contributed by atoms with van der Waals surface area (Å²) in [6, 6.07) is 30.7. The molecule has 0 saturated heterocycles. The average molecular weight is 484 g/mol. The molecule has 4 aromatic carbocycles. The molecular weight excluding hydrogens is 457 g/mol. The van der Waals surface area contributed by atoms with Crippen LogP contribution in [-0.4, -0.2) is 24.4 Å². The molecule has 0 spiro atoms. The SMILES string of the molecule is COc1ccc(OC)c([C@H](Nc2ccc3cn[nH]c3c2)P(=O)(c2ccccc2)c2ccccc2)c1. The van der Waals surface area contributed by atoms with Crippen LogP contribution in [0.15, 0.2) is 103 Å². The van der Waals surface area contributed by atoms with Crippen LogP contribution in [0.1, 0.15) is 11.3 Å². The number of benzene rings is 4. The lowest BCUT2D eigenvalue weighted by atomic mass is 10.1. The number of H-pyrrole nitrogens is 1. The molecular formula is C28H26N3O3P. The van der Waals surface area contributed by atoms with Gasteiger partial charge in [-0.1, -0.05) is 60.7 Å². The zero-order valence-corrected chi connectivity index (χ0v) is 20.4. The highest BCUT2D eigenvalue weighted by Crippen LogP contribution is 2.59. The number of nitrogens with one attached hydrogen (secondary N) is 2. The maximum Gasteiger partial charge on any atom is 0.168 e. The van der Waals surface area contributed by atoms with E-state index in [-0.39, 0.29) is 0 Å². The number of methoxy groups -OCH3 is 2. The van der Waals surface area contributed by atoms with Crippen LogP contribution in [0.3, 0.4) is 0 Å². The predicted octanol–water partition coefficient (Wildman–Crippen LogP) is 5.70.